The molecule has 1 heterocycles. The van der Waals surface area contributed by atoms with Crippen LogP contribution in [0.3, 0.4) is 0 Å². The summed E-state index contributed by atoms with van der Waals surface area (Å²) in [5.74, 6) is 0. The molecule has 0 fully saturated rings. The van der Waals surface area contributed by atoms with Crippen LogP contribution < -0.4 is 0 Å². The van der Waals surface area contributed by atoms with Crippen LogP contribution in [0.25, 0.3) is 0 Å². The Kier molecular flexibility index (Phi) is 3.27. The topological polar surface area (TPSA) is 12.9 Å². The van der Waals surface area contributed by atoms with E-state index in [-0.39, 0.29) is 0 Å². The molecule has 0 N–H and O–H groups in total. The first-order chi connectivity index (χ1) is 5.86. The second-order valence-electron chi connectivity index (χ2n) is 2.64. The van der Waals surface area contributed by atoms with Crippen LogP contribution in [0.5, 0.6) is 0 Å². The van der Waals surface area contributed by atoms with Gasteiger partial charge in [0.25, 0.3) is 0 Å². The van der Waals surface area contributed by atoms with E-state index in [1.165, 1.54) is 5.56 Å². The van der Waals surface area contributed by atoms with Crippen molar-refractivity contribution >= 4 is 0 Å². The summed E-state index contributed by atoms with van der Waals surface area (Å²) < 4.78 is 0. The third-order valence-electron chi connectivity index (χ3n) is 1.61. The zero-order chi connectivity index (χ0) is 8.81. The molecule has 0 aliphatic heterocycles. The van der Waals surface area contributed by atoms with Gasteiger partial charge in [0, 0.05) is 18.3 Å². The van der Waals surface area contributed by atoms with Crippen LogP contribution in [0, 0.1) is 0 Å². The molecule has 1 heteroatoms. The van der Waals surface area contributed by atoms with Crippen molar-refractivity contribution in [3.05, 3.63) is 54.9 Å². The first-order valence-electron chi connectivity index (χ1n) is 4.02. The maximum absolute atomic E-state index is 4.21. The third-order valence-corrected chi connectivity index (χ3v) is 1.61. The van der Waals surface area contributed by atoms with Gasteiger partial charge in [-0.15, -0.1) is 13.2 Å². The Labute approximate surface area is 73.5 Å². The van der Waals surface area contributed by atoms with E-state index in [0.29, 0.717) is 0 Å². The van der Waals surface area contributed by atoms with Crippen LogP contribution in [0.4, 0.5) is 0 Å². The average Bonchev–Trinajstić information content (AvgIpc) is 2.06. The van der Waals surface area contributed by atoms with Crippen molar-refractivity contribution in [3.8, 4) is 0 Å². The summed E-state index contributed by atoms with van der Waals surface area (Å²) in [6.45, 7) is 7.36. The van der Waals surface area contributed by atoms with Gasteiger partial charge in [-0.25, -0.2) is 0 Å². The minimum absolute atomic E-state index is 0.838. The van der Waals surface area contributed by atoms with Gasteiger partial charge in [0.2, 0.25) is 0 Å². The molecule has 0 aliphatic rings. The molecule has 12 heavy (non-hydrogen) atoms. The van der Waals surface area contributed by atoms with Crippen LogP contribution >= 0.6 is 0 Å². The molecular weight excluding hydrogens is 146 g/mol. The Morgan fingerprint density at radius 2 is 2.00 bits per heavy atom. The lowest BCUT2D eigenvalue weighted by Crippen LogP contribution is -1.89. The number of aromatic nitrogens is 1. The van der Waals surface area contributed by atoms with Crippen molar-refractivity contribution in [1.29, 1.82) is 0 Å². The molecule has 0 saturated heterocycles. The molecule has 0 saturated carbocycles. The molecule has 0 bridgehead atoms. The van der Waals surface area contributed by atoms with Crippen molar-refractivity contribution in [2.45, 2.75) is 12.8 Å². The third kappa shape index (κ3) is 2.35. The largest absolute Gasteiger partial charge is 0.261 e. The monoisotopic (exact) mass is 159 g/mol. The highest BCUT2D eigenvalue weighted by Gasteiger charge is 1.92. The predicted octanol–water partition coefficient (Wildman–Crippen LogP) is 2.54. The smallest absolute Gasteiger partial charge is 0.0443 e. The second-order valence-corrected chi connectivity index (χ2v) is 2.64. The van der Waals surface area contributed by atoms with Gasteiger partial charge in [0.1, 0.15) is 0 Å². The Morgan fingerprint density at radius 3 is 2.67 bits per heavy atom. The van der Waals surface area contributed by atoms with Gasteiger partial charge in [0.05, 0.1) is 0 Å². The van der Waals surface area contributed by atoms with Crippen LogP contribution in [-0.4, -0.2) is 4.98 Å². The minimum Gasteiger partial charge on any atom is -0.261 e. The fraction of sp³-hybridized carbons (Fsp3) is 0.182. The van der Waals surface area contributed by atoms with E-state index in [1.807, 2.05) is 24.4 Å². The van der Waals surface area contributed by atoms with E-state index in [2.05, 4.69) is 24.2 Å². The predicted molar refractivity (Wildman–Crippen MR) is 52.0 cm³/mol. The zero-order valence-electron chi connectivity index (χ0n) is 7.16. The highest BCUT2D eigenvalue weighted by molar-refractivity contribution is 5.19. The lowest BCUT2D eigenvalue weighted by molar-refractivity contribution is 1.08. The molecule has 0 aromatic carbocycles. The van der Waals surface area contributed by atoms with E-state index in [4.69, 9.17) is 0 Å². The van der Waals surface area contributed by atoms with Crippen LogP contribution in [0.1, 0.15) is 11.3 Å². The first-order valence-corrected chi connectivity index (χ1v) is 4.02. The van der Waals surface area contributed by atoms with E-state index < -0.39 is 0 Å². The van der Waals surface area contributed by atoms with Crippen molar-refractivity contribution in [2.75, 3.05) is 0 Å². The molecule has 0 radical (unpaired) electrons. The van der Waals surface area contributed by atoms with E-state index in [0.717, 1.165) is 18.5 Å². The molecule has 0 amide bonds. The standard InChI is InChI=1S/C11H13N/c1-3-5-10-7-8-12-11(9-10)6-4-2/h3-4,7-9H,1-2,5-6H2. The quantitative estimate of drug-likeness (QED) is 0.615. The molecular formula is C11H13N. The maximum Gasteiger partial charge on any atom is 0.0443 e. The fourth-order valence-electron chi connectivity index (χ4n) is 1.08. The van der Waals surface area contributed by atoms with Crippen molar-refractivity contribution in [3.63, 3.8) is 0 Å². The second kappa shape index (κ2) is 4.50. The highest BCUT2D eigenvalue weighted by atomic mass is 14.7. The summed E-state index contributed by atoms with van der Waals surface area (Å²) in [6.07, 6.45) is 7.34. The molecule has 0 unspecified atom stereocenters. The Hall–Kier alpha value is -1.37. The van der Waals surface area contributed by atoms with Gasteiger partial charge in [0.15, 0.2) is 0 Å². The summed E-state index contributed by atoms with van der Waals surface area (Å²) in [5.41, 5.74) is 2.33. The number of nitrogens with zero attached hydrogens (tertiary/aromatic N) is 1. The van der Waals surface area contributed by atoms with Crippen molar-refractivity contribution in [1.82, 2.24) is 4.98 Å². The summed E-state index contributed by atoms with van der Waals surface area (Å²) >= 11 is 0. The number of pyridine rings is 1. The molecule has 1 aromatic rings. The summed E-state index contributed by atoms with van der Waals surface area (Å²) in [4.78, 5) is 4.21. The Bertz CT molecular complexity index is 251. The lowest BCUT2D eigenvalue weighted by atomic mass is 10.1. The Balaban J connectivity index is 2.79. The first kappa shape index (κ1) is 8.72. The molecule has 0 atom stereocenters. The summed E-state index contributed by atoms with van der Waals surface area (Å²) in [5, 5.41) is 0. The number of allylic oxidation sites excluding steroid dienone is 2. The number of hydrogen-bond donors (Lipinski definition) is 0. The molecule has 0 spiro atoms. The SMILES string of the molecule is C=CCc1ccnc(CC=C)c1. The van der Waals surface area contributed by atoms with Crippen molar-refractivity contribution in [2.24, 2.45) is 0 Å². The number of rotatable bonds is 4. The van der Waals surface area contributed by atoms with Gasteiger partial charge in [-0.2, -0.15) is 0 Å². The maximum atomic E-state index is 4.21. The average molecular weight is 159 g/mol. The Morgan fingerprint density at radius 1 is 1.25 bits per heavy atom. The van der Waals surface area contributed by atoms with Crippen LogP contribution in [0.15, 0.2) is 43.6 Å². The van der Waals surface area contributed by atoms with Crippen molar-refractivity contribution < 1.29 is 0 Å². The summed E-state index contributed by atoms with van der Waals surface area (Å²) in [7, 11) is 0. The molecule has 62 valence electrons. The lowest BCUT2D eigenvalue weighted by Gasteiger charge is -1.98. The van der Waals surface area contributed by atoms with Gasteiger partial charge >= 0.3 is 0 Å². The molecule has 1 rings (SSSR count). The molecule has 1 nitrogen and oxygen atoms in total. The fourth-order valence-corrected chi connectivity index (χ4v) is 1.08. The number of hydrogen-bond acceptors (Lipinski definition) is 1. The van der Waals surface area contributed by atoms with Gasteiger partial charge in [-0.05, 0) is 24.1 Å². The molecule has 0 aliphatic carbocycles. The zero-order valence-corrected chi connectivity index (χ0v) is 7.16. The van der Waals surface area contributed by atoms with Gasteiger partial charge < -0.3 is 0 Å². The summed E-state index contributed by atoms with van der Waals surface area (Å²) in [6, 6.07) is 4.09. The highest BCUT2D eigenvalue weighted by Crippen LogP contribution is 2.03. The van der Waals surface area contributed by atoms with Crippen LogP contribution in [0.2, 0.25) is 0 Å². The van der Waals surface area contributed by atoms with E-state index in [1.54, 1.807) is 0 Å². The molecule has 1 aromatic heterocycles. The van der Waals surface area contributed by atoms with E-state index in [9.17, 15) is 0 Å². The van der Waals surface area contributed by atoms with Crippen LogP contribution in [-0.2, 0) is 12.8 Å². The van der Waals surface area contributed by atoms with Gasteiger partial charge in [-0.3, -0.25) is 4.98 Å². The van der Waals surface area contributed by atoms with Gasteiger partial charge in [-0.1, -0.05) is 12.2 Å². The normalized spacial score (nSPS) is 9.33. The minimum atomic E-state index is 0.838. The van der Waals surface area contributed by atoms with E-state index >= 15 is 0 Å².